The number of nitro groups is 1. The monoisotopic (exact) mass is 244 g/mol. The molecule has 0 radical (unpaired) electrons. The van der Waals surface area contributed by atoms with E-state index in [9.17, 15) is 15.2 Å². The summed E-state index contributed by atoms with van der Waals surface area (Å²) in [5.41, 5.74) is 6.02. The summed E-state index contributed by atoms with van der Waals surface area (Å²) in [5.74, 6) is -0.382. The van der Waals surface area contributed by atoms with Crippen LogP contribution in [0.4, 0.5) is 5.69 Å². The van der Waals surface area contributed by atoms with Gasteiger partial charge in [-0.15, -0.1) is 19.0 Å². The van der Waals surface area contributed by atoms with Crippen LogP contribution < -0.4 is 5.73 Å². The average molecular weight is 245 g/mol. The zero-order valence-corrected chi connectivity index (χ0v) is 9.53. The molecular formula is C10H13ClN2O3. The summed E-state index contributed by atoms with van der Waals surface area (Å²) in [6.45, 7) is 5.03. The lowest BCUT2D eigenvalue weighted by Gasteiger charge is -2.10. The average Bonchev–Trinajstić information content (AvgIpc) is 2.16. The zero-order chi connectivity index (χ0) is 11.6. The molecule has 1 atom stereocenters. The molecule has 0 spiro atoms. The molecule has 0 amide bonds. The van der Waals surface area contributed by atoms with Crippen LogP contribution in [0.15, 0.2) is 24.8 Å². The smallest absolute Gasteiger partial charge is 0.313 e. The van der Waals surface area contributed by atoms with Gasteiger partial charge in [-0.05, 0) is 6.92 Å². The van der Waals surface area contributed by atoms with Crippen LogP contribution in [0.3, 0.4) is 0 Å². The molecule has 0 unspecified atom stereocenters. The molecule has 0 saturated heterocycles. The van der Waals surface area contributed by atoms with E-state index in [1.54, 1.807) is 19.1 Å². The summed E-state index contributed by atoms with van der Waals surface area (Å²) in [4.78, 5) is 10.1. The molecule has 5 nitrogen and oxygen atoms in total. The maximum absolute atomic E-state index is 10.7. The maximum Gasteiger partial charge on any atom is 0.313 e. The number of hydrogen-bond donors (Lipinski definition) is 2. The van der Waals surface area contributed by atoms with Gasteiger partial charge in [0.05, 0.1) is 11.0 Å². The third-order valence-electron chi connectivity index (χ3n) is 2.18. The minimum Gasteiger partial charge on any atom is -0.502 e. The van der Waals surface area contributed by atoms with Gasteiger partial charge in [-0.2, -0.15) is 0 Å². The van der Waals surface area contributed by atoms with Crippen molar-refractivity contribution < 1.29 is 10.0 Å². The Bertz CT molecular complexity index is 421. The molecular weight excluding hydrogens is 232 g/mol. The summed E-state index contributed by atoms with van der Waals surface area (Å²) in [7, 11) is 0. The number of nitrogens with zero attached hydrogens (tertiary/aromatic N) is 1. The van der Waals surface area contributed by atoms with Gasteiger partial charge in [-0.25, -0.2) is 0 Å². The van der Waals surface area contributed by atoms with Gasteiger partial charge >= 0.3 is 5.69 Å². The number of rotatable bonds is 3. The third kappa shape index (κ3) is 2.50. The number of halogens is 1. The van der Waals surface area contributed by atoms with Gasteiger partial charge in [0.2, 0.25) is 0 Å². The predicted molar refractivity (Wildman–Crippen MR) is 63.9 cm³/mol. The van der Waals surface area contributed by atoms with Crippen LogP contribution in [0, 0.1) is 17.0 Å². The van der Waals surface area contributed by atoms with Crippen molar-refractivity contribution in [3.05, 3.63) is 46.0 Å². The molecule has 6 heteroatoms. The fourth-order valence-electron chi connectivity index (χ4n) is 1.32. The maximum atomic E-state index is 10.7. The van der Waals surface area contributed by atoms with E-state index in [1.165, 1.54) is 6.08 Å². The molecule has 1 rings (SSSR count). The Labute approximate surface area is 99.1 Å². The first-order valence-corrected chi connectivity index (χ1v) is 4.34. The van der Waals surface area contributed by atoms with E-state index in [1.807, 2.05) is 0 Å². The first kappa shape index (κ1) is 14.4. The highest BCUT2D eigenvalue weighted by molar-refractivity contribution is 5.85. The molecule has 88 valence electrons. The van der Waals surface area contributed by atoms with Gasteiger partial charge in [0.15, 0.2) is 5.75 Å². The van der Waals surface area contributed by atoms with Crippen LogP contribution in [0.25, 0.3) is 0 Å². The summed E-state index contributed by atoms with van der Waals surface area (Å²) >= 11 is 0. The number of phenolic OH excluding ortho intramolecular Hbond substituents is 1. The van der Waals surface area contributed by atoms with Crippen molar-refractivity contribution in [3.63, 3.8) is 0 Å². The number of aromatic hydroxyl groups is 1. The fraction of sp³-hybridized carbons (Fsp3) is 0.200. The first-order chi connectivity index (χ1) is 6.99. The van der Waals surface area contributed by atoms with Crippen LogP contribution in [0.1, 0.15) is 17.2 Å². The molecule has 0 aliphatic carbocycles. The van der Waals surface area contributed by atoms with E-state index in [4.69, 9.17) is 5.73 Å². The van der Waals surface area contributed by atoms with Crippen molar-refractivity contribution in [2.75, 3.05) is 0 Å². The Kier molecular flexibility index (Phi) is 4.94. The van der Waals surface area contributed by atoms with Gasteiger partial charge in [0, 0.05) is 11.1 Å². The molecule has 0 heterocycles. The van der Waals surface area contributed by atoms with Crippen molar-refractivity contribution in [3.8, 4) is 5.75 Å². The van der Waals surface area contributed by atoms with Crippen LogP contribution in [0.5, 0.6) is 5.75 Å². The lowest BCUT2D eigenvalue weighted by molar-refractivity contribution is -0.386. The van der Waals surface area contributed by atoms with E-state index in [0.717, 1.165) is 0 Å². The second-order valence-electron chi connectivity index (χ2n) is 3.19. The van der Waals surface area contributed by atoms with Gasteiger partial charge in [0.1, 0.15) is 0 Å². The first-order valence-electron chi connectivity index (χ1n) is 4.34. The van der Waals surface area contributed by atoms with Crippen molar-refractivity contribution in [1.29, 1.82) is 0 Å². The van der Waals surface area contributed by atoms with Crippen LogP contribution >= 0.6 is 12.4 Å². The molecule has 0 bridgehead atoms. The predicted octanol–water partition coefficient (Wildman–Crippen LogP) is 2.22. The highest BCUT2D eigenvalue weighted by Gasteiger charge is 2.22. The molecule has 0 saturated carbocycles. The van der Waals surface area contributed by atoms with Crippen LogP contribution in [-0.2, 0) is 0 Å². The molecule has 1 aromatic carbocycles. The van der Waals surface area contributed by atoms with Crippen molar-refractivity contribution in [1.82, 2.24) is 0 Å². The molecule has 1 aromatic rings. The fourth-order valence-corrected chi connectivity index (χ4v) is 1.32. The zero-order valence-electron chi connectivity index (χ0n) is 8.71. The Morgan fingerprint density at radius 3 is 2.62 bits per heavy atom. The summed E-state index contributed by atoms with van der Waals surface area (Å²) in [5, 5.41) is 20.4. The van der Waals surface area contributed by atoms with E-state index < -0.39 is 11.0 Å². The Morgan fingerprint density at radius 1 is 1.62 bits per heavy atom. The number of nitro benzene ring substituents is 1. The second-order valence-corrected chi connectivity index (χ2v) is 3.19. The number of aryl methyl sites for hydroxylation is 1. The molecule has 0 aromatic heterocycles. The second kappa shape index (κ2) is 5.48. The molecule has 0 fully saturated rings. The van der Waals surface area contributed by atoms with E-state index in [2.05, 4.69) is 6.58 Å². The molecule has 3 N–H and O–H groups in total. The molecule has 16 heavy (non-hydrogen) atoms. The quantitative estimate of drug-likeness (QED) is 0.485. The number of benzene rings is 1. The summed E-state index contributed by atoms with van der Waals surface area (Å²) in [6, 6.07) is 2.50. The van der Waals surface area contributed by atoms with E-state index in [0.29, 0.717) is 11.1 Å². The molecule has 0 aliphatic heterocycles. The van der Waals surface area contributed by atoms with Gasteiger partial charge in [-0.1, -0.05) is 18.2 Å². The lowest BCUT2D eigenvalue weighted by atomic mass is 10.0. The molecule has 0 aliphatic rings. The Balaban J connectivity index is 0.00000225. The van der Waals surface area contributed by atoms with Gasteiger partial charge in [0.25, 0.3) is 0 Å². The van der Waals surface area contributed by atoms with Crippen molar-refractivity contribution >= 4 is 18.1 Å². The Hall–Kier alpha value is -1.59. The Morgan fingerprint density at radius 2 is 2.19 bits per heavy atom. The van der Waals surface area contributed by atoms with Gasteiger partial charge in [-0.3, -0.25) is 10.1 Å². The van der Waals surface area contributed by atoms with Crippen molar-refractivity contribution in [2.24, 2.45) is 5.73 Å². The van der Waals surface area contributed by atoms with E-state index in [-0.39, 0.29) is 23.8 Å². The van der Waals surface area contributed by atoms with Crippen LogP contribution in [-0.4, -0.2) is 10.0 Å². The van der Waals surface area contributed by atoms with Gasteiger partial charge < -0.3 is 10.8 Å². The number of phenols is 1. The largest absolute Gasteiger partial charge is 0.502 e. The topological polar surface area (TPSA) is 89.4 Å². The van der Waals surface area contributed by atoms with Crippen LogP contribution in [0.2, 0.25) is 0 Å². The lowest BCUT2D eigenvalue weighted by Crippen LogP contribution is -2.08. The van der Waals surface area contributed by atoms with Crippen molar-refractivity contribution in [2.45, 2.75) is 13.0 Å². The highest BCUT2D eigenvalue weighted by atomic mass is 35.5. The minimum atomic E-state index is -0.621. The summed E-state index contributed by atoms with van der Waals surface area (Å²) < 4.78 is 0. The number of nitrogens with two attached hydrogens (primary N) is 1. The SMILES string of the molecule is C=C[C@@H](N)c1ccc(C)c([N+](=O)[O-])c1O.Cl. The summed E-state index contributed by atoms with van der Waals surface area (Å²) in [6.07, 6.45) is 1.41. The highest BCUT2D eigenvalue weighted by Crippen LogP contribution is 2.35. The standard InChI is InChI=1S/C10H12N2O3.ClH/c1-3-8(11)7-5-4-6(2)9(10(7)13)12(14)15;/h3-5,8,13H,1,11H2,2H3;1H/t8-;/m1./s1. The van der Waals surface area contributed by atoms with E-state index >= 15 is 0 Å². The normalized spacial score (nSPS) is 11.4. The number of hydrogen-bond acceptors (Lipinski definition) is 4. The minimum absolute atomic E-state index is 0. The third-order valence-corrected chi connectivity index (χ3v) is 2.18.